The molecule has 0 bridgehead atoms. The van der Waals surface area contributed by atoms with Gasteiger partial charge in [0.2, 0.25) is 5.95 Å². The molecule has 0 radical (unpaired) electrons. The van der Waals surface area contributed by atoms with Crippen LogP contribution >= 0.6 is 11.6 Å². The molecule has 1 aliphatic heterocycles. The Balaban J connectivity index is 1.74. The Morgan fingerprint density at radius 1 is 1.15 bits per heavy atom. The van der Waals surface area contributed by atoms with E-state index in [9.17, 15) is 18.0 Å². The second-order valence-corrected chi connectivity index (χ2v) is 6.64. The van der Waals surface area contributed by atoms with Gasteiger partial charge >= 0.3 is 6.18 Å². The number of benzene rings is 1. The molecule has 1 amide bonds. The van der Waals surface area contributed by atoms with E-state index in [1.165, 1.54) is 18.5 Å². The van der Waals surface area contributed by atoms with Gasteiger partial charge < -0.3 is 15.1 Å². The molecule has 0 spiro atoms. The summed E-state index contributed by atoms with van der Waals surface area (Å²) in [7, 11) is 2.03. The average molecular weight is 400 g/mol. The summed E-state index contributed by atoms with van der Waals surface area (Å²) in [6.07, 6.45) is -2.03. The van der Waals surface area contributed by atoms with E-state index < -0.39 is 17.6 Å². The minimum atomic E-state index is -4.64. The van der Waals surface area contributed by atoms with E-state index in [1.807, 2.05) is 11.9 Å². The molecule has 1 N–H and O–H groups in total. The van der Waals surface area contributed by atoms with Crippen molar-refractivity contribution in [2.75, 3.05) is 43.4 Å². The molecule has 1 aliphatic rings. The van der Waals surface area contributed by atoms with Gasteiger partial charge in [-0.2, -0.15) is 13.2 Å². The molecule has 2 aromatic rings. The topological polar surface area (TPSA) is 61.4 Å². The molecule has 0 atom stereocenters. The molecule has 1 fully saturated rings. The lowest BCUT2D eigenvalue weighted by Gasteiger charge is -2.32. The maximum Gasteiger partial charge on any atom is 0.418 e. The summed E-state index contributed by atoms with van der Waals surface area (Å²) in [6.45, 7) is 3.29. The lowest BCUT2D eigenvalue weighted by Crippen LogP contribution is -2.45. The first-order chi connectivity index (χ1) is 12.7. The average Bonchev–Trinajstić information content (AvgIpc) is 2.63. The molecular formula is C17H17ClF3N5O. The maximum absolute atomic E-state index is 13.1. The number of alkyl halides is 3. The van der Waals surface area contributed by atoms with Gasteiger partial charge in [-0.3, -0.25) is 4.79 Å². The zero-order chi connectivity index (χ0) is 19.6. The Labute approximate surface area is 159 Å². The zero-order valence-electron chi connectivity index (χ0n) is 14.4. The fourth-order valence-corrected chi connectivity index (χ4v) is 2.83. The van der Waals surface area contributed by atoms with Crippen LogP contribution < -0.4 is 10.2 Å². The highest BCUT2D eigenvalue weighted by atomic mass is 35.5. The largest absolute Gasteiger partial charge is 0.418 e. The third-order valence-corrected chi connectivity index (χ3v) is 4.46. The molecule has 3 rings (SSSR count). The van der Waals surface area contributed by atoms with Gasteiger partial charge in [0.1, 0.15) is 0 Å². The van der Waals surface area contributed by atoms with E-state index in [0.717, 1.165) is 38.3 Å². The number of halogens is 4. The number of carbonyl (C=O) groups is 1. The van der Waals surface area contributed by atoms with Crippen molar-refractivity contribution in [3.05, 3.63) is 46.7 Å². The molecule has 1 aromatic heterocycles. The van der Waals surface area contributed by atoms with Gasteiger partial charge in [0.05, 0.1) is 16.8 Å². The number of likely N-dealkylation sites (N-methyl/N-ethyl adjacent to an activating group) is 1. The van der Waals surface area contributed by atoms with Crippen LogP contribution in [0.4, 0.5) is 24.8 Å². The lowest BCUT2D eigenvalue weighted by atomic mass is 10.1. The van der Waals surface area contributed by atoms with Crippen LogP contribution in [0.1, 0.15) is 15.9 Å². The Kier molecular flexibility index (Phi) is 5.52. The van der Waals surface area contributed by atoms with Crippen LogP contribution in [-0.2, 0) is 6.18 Å². The van der Waals surface area contributed by atoms with E-state index in [1.54, 1.807) is 0 Å². The van der Waals surface area contributed by atoms with Gasteiger partial charge in [-0.05, 0) is 25.2 Å². The number of rotatable bonds is 3. The van der Waals surface area contributed by atoms with Crippen molar-refractivity contribution in [3.8, 4) is 0 Å². The minimum absolute atomic E-state index is 0.0657. The molecular weight excluding hydrogens is 383 g/mol. The molecule has 6 nitrogen and oxygen atoms in total. The first-order valence-corrected chi connectivity index (χ1v) is 8.55. The Hall–Kier alpha value is -2.39. The zero-order valence-corrected chi connectivity index (χ0v) is 15.2. The van der Waals surface area contributed by atoms with E-state index in [4.69, 9.17) is 11.6 Å². The quantitative estimate of drug-likeness (QED) is 0.859. The van der Waals surface area contributed by atoms with Crippen molar-refractivity contribution >= 4 is 29.1 Å². The predicted octanol–water partition coefficient (Wildman–Crippen LogP) is 3.15. The summed E-state index contributed by atoms with van der Waals surface area (Å²) >= 11 is 5.64. The van der Waals surface area contributed by atoms with Gasteiger partial charge in [-0.15, -0.1) is 0 Å². The number of nitrogens with one attached hydrogen (secondary N) is 1. The van der Waals surface area contributed by atoms with Crippen molar-refractivity contribution in [2.45, 2.75) is 6.18 Å². The van der Waals surface area contributed by atoms with Crippen molar-refractivity contribution in [3.63, 3.8) is 0 Å². The molecule has 1 saturated heterocycles. The highest BCUT2D eigenvalue weighted by Crippen LogP contribution is 2.36. The van der Waals surface area contributed by atoms with Gasteiger partial charge in [-0.1, -0.05) is 11.6 Å². The first kappa shape index (κ1) is 19.4. The number of nitrogens with zero attached hydrogens (tertiary/aromatic N) is 4. The van der Waals surface area contributed by atoms with Crippen molar-refractivity contribution in [2.24, 2.45) is 0 Å². The van der Waals surface area contributed by atoms with Gasteiger partial charge in [0, 0.05) is 43.6 Å². The summed E-state index contributed by atoms with van der Waals surface area (Å²) in [6, 6.07) is 3.16. The normalized spacial score (nSPS) is 15.7. The number of hydrogen-bond donors (Lipinski definition) is 1. The molecule has 27 heavy (non-hydrogen) atoms. The maximum atomic E-state index is 13.1. The van der Waals surface area contributed by atoms with Crippen LogP contribution in [0, 0.1) is 0 Å². The second-order valence-electron chi connectivity index (χ2n) is 6.20. The Morgan fingerprint density at radius 3 is 2.37 bits per heavy atom. The summed E-state index contributed by atoms with van der Waals surface area (Å²) < 4.78 is 39.4. The van der Waals surface area contributed by atoms with Crippen LogP contribution in [0.15, 0.2) is 30.6 Å². The monoisotopic (exact) mass is 399 g/mol. The van der Waals surface area contributed by atoms with E-state index in [-0.39, 0.29) is 16.3 Å². The molecule has 1 aromatic carbocycles. The summed E-state index contributed by atoms with van der Waals surface area (Å²) in [5.74, 6) is -0.241. The number of piperazine rings is 1. The van der Waals surface area contributed by atoms with E-state index in [0.29, 0.717) is 5.95 Å². The second kappa shape index (κ2) is 7.69. The fourth-order valence-electron chi connectivity index (χ4n) is 2.66. The van der Waals surface area contributed by atoms with Crippen molar-refractivity contribution < 1.29 is 18.0 Å². The summed E-state index contributed by atoms with van der Waals surface area (Å²) in [4.78, 5) is 24.8. The van der Waals surface area contributed by atoms with Crippen molar-refractivity contribution in [1.29, 1.82) is 0 Å². The van der Waals surface area contributed by atoms with Crippen LogP contribution in [-0.4, -0.2) is 54.0 Å². The molecule has 0 aliphatic carbocycles. The molecule has 10 heteroatoms. The summed E-state index contributed by atoms with van der Waals surface area (Å²) in [5.41, 5.74) is -1.32. The van der Waals surface area contributed by atoms with Crippen LogP contribution in [0.25, 0.3) is 0 Å². The van der Waals surface area contributed by atoms with Crippen molar-refractivity contribution in [1.82, 2.24) is 14.9 Å². The minimum Gasteiger partial charge on any atom is -0.338 e. The number of anilines is 2. The Bertz CT molecular complexity index is 820. The van der Waals surface area contributed by atoms with Crippen LogP contribution in [0.2, 0.25) is 5.02 Å². The Morgan fingerprint density at radius 2 is 1.78 bits per heavy atom. The van der Waals surface area contributed by atoms with Gasteiger partial charge in [-0.25, -0.2) is 9.97 Å². The predicted molar refractivity (Wildman–Crippen MR) is 96.1 cm³/mol. The highest BCUT2D eigenvalue weighted by molar-refractivity contribution is 6.30. The molecule has 0 saturated carbocycles. The molecule has 2 heterocycles. The number of amides is 1. The van der Waals surface area contributed by atoms with Gasteiger partial charge in [0.25, 0.3) is 5.91 Å². The van der Waals surface area contributed by atoms with Crippen LogP contribution in [0.3, 0.4) is 0 Å². The van der Waals surface area contributed by atoms with E-state index in [2.05, 4.69) is 20.2 Å². The van der Waals surface area contributed by atoms with Gasteiger partial charge in [0.15, 0.2) is 0 Å². The standard InChI is InChI=1S/C17H17ClF3N5O/c1-25-4-6-26(7-5-25)16-22-9-11(10-23-16)15(27)24-14-3-2-12(18)8-13(14)17(19,20)21/h2-3,8-10H,4-7H2,1H3,(H,24,27). The SMILES string of the molecule is CN1CCN(c2ncc(C(=O)Nc3ccc(Cl)cc3C(F)(F)F)cn2)CC1. The number of carbonyl (C=O) groups excluding carboxylic acids is 1. The lowest BCUT2D eigenvalue weighted by molar-refractivity contribution is -0.136. The van der Waals surface area contributed by atoms with E-state index >= 15 is 0 Å². The smallest absolute Gasteiger partial charge is 0.338 e. The molecule has 0 unspecified atom stereocenters. The highest BCUT2D eigenvalue weighted by Gasteiger charge is 2.34. The number of hydrogen-bond acceptors (Lipinski definition) is 5. The third kappa shape index (κ3) is 4.67. The number of aromatic nitrogens is 2. The summed E-state index contributed by atoms with van der Waals surface area (Å²) in [5, 5.41) is 2.18. The fraction of sp³-hybridized carbons (Fsp3) is 0.353. The first-order valence-electron chi connectivity index (χ1n) is 8.17. The molecule has 144 valence electrons. The van der Waals surface area contributed by atoms with Crippen LogP contribution in [0.5, 0.6) is 0 Å². The third-order valence-electron chi connectivity index (χ3n) is 4.22.